The Labute approximate surface area is 108 Å². The van der Waals surface area contributed by atoms with E-state index in [4.69, 9.17) is 4.74 Å². The van der Waals surface area contributed by atoms with E-state index in [1.165, 1.54) is 0 Å². The van der Waals surface area contributed by atoms with Crippen molar-refractivity contribution in [1.82, 2.24) is 14.9 Å². The van der Waals surface area contributed by atoms with E-state index in [0.717, 1.165) is 16.1 Å². The number of hydrogen-bond donors (Lipinski definition) is 1. The molecule has 1 aliphatic rings. The number of imidazole rings is 1. The second-order valence-corrected chi connectivity index (χ2v) is 4.34. The van der Waals surface area contributed by atoms with Crippen molar-refractivity contribution in [1.29, 1.82) is 0 Å². The Balaban J connectivity index is 2.19. The third kappa shape index (κ3) is 2.69. The highest BCUT2D eigenvalue weighted by Crippen LogP contribution is 2.12. The van der Waals surface area contributed by atoms with Crippen molar-refractivity contribution in [3.8, 4) is 0 Å². The molecular weight excluding hydrogens is 319 g/mol. The van der Waals surface area contributed by atoms with Gasteiger partial charge in [0.25, 0.3) is 0 Å². The largest absolute Gasteiger partial charge is 0.378 e. The second-order valence-electron chi connectivity index (χ2n) is 3.38. The van der Waals surface area contributed by atoms with E-state index in [1.54, 1.807) is 13.3 Å². The van der Waals surface area contributed by atoms with Gasteiger partial charge in [0, 0.05) is 54.9 Å². The maximum atomic E-state index is 5.06. The molecule has 0 saturated carbocycles. The van der Waals surface area contributed by atoms with E-state index in [1.807, 2.05) is 23.1 Å². The van der Waals surface area contributed by atoms with E-state index in [9.17, 15) is 0 Å². The van der Waals surface area contributed by atoms with Crippen LogP contribution >= 0.6 is 22.6 Å². The first kappa shape index (κ1) is 11.7. The molecule has 1 unspecified atom stereocenters. The lowest BCUT2D eigenvalue weighted by molar-refractivity contribution is 0.181. The molecule has 1 aromatic heterocycles. The van der Waals surface area contributed by atoms with Crippen LogP contribution in [0.2, 0.25) is 0 Å². The summed E-state index contributed by atoms with van der Waals surface area (Å²) in [6.07, 6.45) is 7.69. The van der Waals surface area contributed by atoms with Crippen molar-refractivity contribution in [2.24, 2.45) is 4.99 Å². The van der Waals surface area contributed by atoms with Crippen LogP contribution < -0.4 is 5.32 Å². The Morgan fingerprint density at radius 2 is 2.56 bits per heavy atom. The molecule has 0 aromatic carbocycles. The SMILES string of the molecule is COCc1cn(C2C=NC=CCN2)c(I)n1. The maximum Gasteiger partial charge on any atom is 0.173 e. The number of halogens is 1. The Kier molecular flexibility index (Phi) is 4.08. The standard InChI is InChI=1S/C10H13IN4O/c1-16-7-8-6-15(10(11)14-8)9-5-12-3-2-4-13-9/h2-3,5-6,9,13H,4,7H2,1H3. The molecule has 0 saturated heterocycles. The highest BCUT2D eigenvalue weighted by Gasteiger charge is 2.13. The minimum Gasteiger partial charge on any atom is -0.378 e. The van der Waals surface area contributed by atoms with Gasteiger partial charge in [-0.05, 0) is 0 Å². The number of rotatable bonds is 3. The predicted molar refractivity (Wildman–Crippen MR) is 70.3 cm³/mol. The monoisotopic (exact) mass is 332 g/mol. The fourth-order valence-corrected chi connectivity index (χ4v) is 2.24. The highest BCUT2D eigenvalue weighted by molar-refractivity contribution is 14.1. The minimum atomic E-state index is 0.0556. The number of aromatic nitrogens is 2. The molecule has 5 nitrogen and oxygen atoms in total. The Morgan fingerprint density at radius 3 is 3.38 bits per heavy atom. The van der Waals surface area contributed by atoms with Crippen molar-refractivity contribution < 1.29 is 4.74 Å². The fourth-order valence-electron chi connectivity index (χ4n) is 1.49. The third-order valence-electron chi connectivity index (χ3n) is 2.19. The van der Waals surface area contributed by atoms with Gasteiger partial charge in [0.05, 0.1) is 12.3 Å². The first-order valence-electron chi connectivity index (χ1n) is 4.95. The summed E-state index contributed by atoms with van der Waals surface area (Å²) in [5.74, 6) is 0. The van der Waals surface area contributed by atoms with Crippen LogP contribution in [0.1, 0.15) is 11.9 Å². The summed E-state index contributed by atoms with van der Waals surface area (Å²) in [7, 11) is 1.67. The molecule has 2 heterocycles. The molecule has 0 fully saturated rings. The van der Waals surface area contributed by atoms with Crippen molar-refractivity contribution in [2.75, 3.05) is 13.7 Å². The average Bonchev–Trinajstić information content (AvgIpc) is 2.52. The summed E-state index contributed by atoms with van der Waals surface area (Å²) in [5.41, 5.74) is 0.930. The second kappa shape index (κ2) is 5.55. The molecule has 1 atom stereocenters. The molecule has 16 heavy (non-hydrogen) atoms. The number of nitrogens with zero attached hydrogens (tertiary/aromatic N) is 3. The minimum absolute atomic E-state index is 0.0556. The van der Waals surface area contributed by atoms with Gasteiger partial charge in [-0.15, -0.1) is 0 Å². The molecule has 2 rings (SSSR count). The number of hydrogen-bond acceptors (Lipinski definition) is 4. The first-order chi connectivity index (χ1) is 7.81. The Hall–Kier alpha value is -0.730. The molecule has 1 aromatic rings. The van der Waals surface area contributed by atoms with Crippen LogP contribution in [-0.2, 0) is 11.3 Å². The lowest BCUT2D eigenvalue weighted by atomic mass is 10.4. The lowest BCUT2D eigenvalue weighted by Crippen LogP contribution is -2.27. The van der Waals surface area contributed by atoms with Crippen molar-refractivity contribution in [3.05, 3.63) is 28.0 Å². The zero-order chi connectivity index (χ0) is 11.4. The van der Waals surface area contributed by atoms with Gasteiger partial charge in [-0.1, -0.05) is 6.08 Å². The van der Waals surface area contributed by atoms with Gasteiger partial charge in [0.15, 0.2) is 3.83 Å². The van der Waals surface area contributed by atoms with Crippen LogP contribution in [0.25, 0.3) is 0 Å². The van der Waals surface area contributed by atoms with Gasteiger partial charge in [-0.2, -0.15) is 0 Å². The molecule has 0 radical (unpaired) electrons. The van der Waals surface area contributed by atoms with Gasteiger partial charge in [0.1, 0.15) is 6.17 Å². The first-order valence-corrected chi connectivity index (χ1v) is 6.03. The Morgan fingerprint density at radius 1 is 1.69 bits per heavy atom. The fraction of sp³-hybridized carbons (Fsp3) is 0.400. The maximum absolute atomic E-state index is 5.06. The van der Waals surface area contributed by atoms with Gasteiger partial charge < -0.3 is 9.30 Å². The van der Waals surface area contributed by atoms with Crippen LogP contribution in [0, 0.1) is 3.83 Å². The number of ether oxygens (including phenoxy) is 1. The highest BCUT2D eigenvalue weighted by atomic mass is 127. The summed E-state index contributed by atoms with van der Waals surface area (Å²) < 4.78 is 8.04. The predicted octanol–water partition coefficient (Wildman–Crippen LogP) is 1.32. The summed E-state index contributed by atoms with van der Waals surface area (Å²) in [5, 5.41) is 3.34. The molecule has 0 spiro atoms. The molecule has 0 aliphatic carbocycles. The van der Waals surface area contributed by atoms with Crippen molar-refractivity contribution in [3.63, 3.8) is 0 Å². The number of nitrogens with one attached hydrogen (secondary N) is 1. The van der Waals surface area contributed by atoms with Crippen molar-refractivity contribution >= 4 is 28.8 Å². The zero-order valence-electron chi connectivity index (χ0n) is 8.93. The summed E-state index contributed by atoms with van der Waals surface area (Å²) in [6.45, 7) is 1.34. The third-order valence-corrected chi connectivity index (χ3v) is 2.99. The zero-order valence-corrected chi connectivity index (χ0v) is 11.1. The Bertz CT molecular complexity index is 413. The van der Waals surface area contributed by atoms with Crippen LogP contribution in [0.4, 0.5) is 0 Å². The molecule has 1 N–H and O–H groups in total. The lowest BCUT2D eigenvalue weighted by Gasteiger charge is -2.14. The van der Waals surface area contributed by atoms with Crippen LogP contribution in [0.15, 0.2) is 23.5 Å². The van der Waals surface area contributed by atoms with E-state index in [2.05, 4.69) is 37.9 Å². The molecule has 0 bridgehead atoms. The molecule has 6 heteroatoms. The summed E-state index contributed by atoms with van der Waals surface area (Å²) in [6, 6.07) is 0. The quantitative estimate of drug-likeness (QED) is 0.850. The number of methoxy groups -OCH3 is 1. The van der Waals surface area contributed by atoms with Gasteiger partial charge >= 0.3 is 0 Å². The topological polar surface area (TPSA) is 51.4 Å². The smallest absolute Gasteiger partial charge is 0.173 e. The number of aliphatic imine (C=N–C) groups is 1. The average molecular weight is 332 g/mol. The van der Waals surface area contributed by atoms with E-state index in [0.29, 0.717) is 6.61 Å². The van der Waals surface area contributed by atoms with E-state index < -0.39 is 0 Å². The van der Waals surface area contributed by atoms with Crippen LogP contribution in [-0.4, -0.2) is 29.4 Å². The molecule has 1 aliphatic heterocycles. The molecule has 86 valence electrons. The van der Waals surface area contributed by atoms with Gasteiger partial charge in [-0.25, -0.2) is 4.98 Å². The van der Waals surface area contributed by atoms with Crippen molar-refractivity contribution in [2.45, 2.75) is 12.8 Å². The van der Waals surface area contributed by atoms with Gasteiger partial charge in [0.2, 0.25) is 0 Å². The van der Waals surface area contributed by atoms with E-state index >= 15 is 0 Å². The van der Waals surface area contributed by atoms with E-state index in [-0.39, 0.29) is 6.17 Å². The van der Waals surface area contributed by atoms with Crippen LogP contribution in [0.5, 0.6) is 0 Å². The summed E-state index contributed by atoms with van der Waals surface area (Å²) in [4.78, 5) is 8.58. The van der Waals surface area contributed by atoms with Crippen LogP contribution in [0.3, 0.4) is 0 Å². The molecule has 0 amide bonds. The normalized spacial score (nSPS) is 20.0. The summed E-state index contributed by atoms with van der Waals surface area (Å²) >= 11 is 2.21. The van der Waals surface area contributed by atoms with Gasteiger partial charge in [-0.3, -0.25) is 10.3 Å². The molecular formula is C10H13IN4O.